The second-order valence-electron chi connectivity index (χ2n) is 4.09. The lowest BCUT2D eigenvalue weighted by molar-refractivity contribution is -0.384. The summed E-state index contributed by atoms with van der Waals surface area (Å²) in [6.45, 7) is 2.94. The standard InChI is InChI=1S/C11H15N7O2/c1-3-12-11-14-6-9(18(19)20)10(16-11)13-4-8-5-15-17(2)7-8/h5-7H,3-4H2,1-2H3,(H2,12,13,14,16). The summed E-state index contributed by atoms with van der Waals surface area (Å²) in [7, 11) is 1.81. The first kappa shape index (κ1) is 13.7. The molecule has 106 valence electrons. The summed E-state index contributed by atoms with van der Waals surface area (Å²) in [5.41, 5.74) is 0.751. The highest BCUT2D eigenvalue weighted by Crippen LogP contribution is 2.22. The first-order valence-electron chi connectivity index (χ1n) is 6.07. The molecule has 0 saturated heterocycles. The molecule has 2 N–H and O–H groups in total. The van der Waals surface area contributed by atoms with Crippen molar-refractivity contribution in [3.8, 4) is 0 Å². The van der Waals surface area contributed by atoms with E-state index in [1.54, 1.807) is 17.9 Å². The molecule has 0 aromatic carbocycles. The monoisotopic (exact) mass is 277 g/mol. The predicted molar refractivity (Wildman–Crippen MR) is 73.4 cm³/mol. The number of aromatic nitrogens is 4. The smallest absolute Gasteiger partial charge is 0.329 e. The fourth-order valence-electron chi connectivity index (χ4n) is 1.63. The Bertz CT molecular complexity index is 611. The van der Waals surface area contributed by atoms with Gasteiger partial charge in [-0.05, 0) is 6.92 Å². The Morgan fingerprint density at radius 2 is 2.20 bits per heavy atom. The molecule has 2 aromatic heterocycles. The minimum Gasteiger partial charge on any atom is -0.360 e. The average molecular weight is 277 g/mol. The molecule has 2 rings (SSSR count). The van der Waals surface area contributed by atoms with Crippen LogP contribution < -0.4 is 10.6 Å². The van der Waals surface area contributed by atoms with Crippen molar-refractivity contribution in [1.29, 1.82) is 0 Å². The van der Waals surface area contributed by atoms with Crippen molar-refractivity contribution in [2.45, 2.75) is 13.5 Å². The van der Waals surface area contributed by atoms with Crippen LogP contribution in [0.15, 0.2) is 18.6 Å². The van der Waals surface area contributed by atoms with Gasteiger partial charge in [0.05, 0.1) is 11.1 Å². The SMILES string of the molecule is CCNc1ncc([N+](=O)[O-])c(NCc2cnn(C)c2)n1. The molecule has 2 aromatic rings. The highest BCUT2D eigenvalue weighted by atomic mass is 16.6. The van der Waals surface area contributed by atoms with E-state index in [0.29, 0.717) is 19.0 Å². The van der Waals surface area contributed by atoms with Crippen LogP contribution in [0.5, 0.6) is 0 Å². The molecule has 0 aliphatic rings. The van der Waals surface area contributed by atoms with Crippen LogP contribution in [0.25, 0.3) is 0 Å². The van der Waals surface area contributed by atoms with Crippen LogP contribution in [0.1, 0.15) is 12.5 Å². The van der Waals surface area contributed by atoms with Gasteiger partial charge in [0.25, 0.3) is 0 Å². The molecule has 0 amide bonds. The third kappa shape index (κ3) is 3.19. The van der Waals surface area contributed by atoms with Crippen molar-refractivity contribution in [2.24, 2.45) is 7.05 Å². The summed E-state index contributed by atoms with van der Waals surface area (Å²) in [5.74, 6) is 0.539. The number of hydrogen-bond acceptors (Lipinski definition) is 7. The molecule has 9 heteroatoms. The van der Waals surface area contributed by atoms with Crippen LogP contribution in [0.2, 0.25) is 0 Å². The van der Waals surface area contributed by atoms with Crippen molar-refractivity contribution in [3.05, 3.63) is 34.3 Å². The van der Waals surface area contributed by atoms with Gasteiger partial charge in [0, 0.05) is 31.9 Å². The van der Waals surface area contributed by atoms with Gasteiger partial charge >= 0.3 is 5.69 Å². The summed E-state index contributed by atoms with van der Waals surface area (Å²) in [4.78, 5) is 18.4. The number of anilines is 2. The lowest BCUT2D eigenvalue weighted by atomic mass is 10.3. The fraction of sp³-hybridized carbons (Fsp3) is 0.364. The minimum absolute atomic E-state index is 0.157. The highest BCUT2D eigenvalue weighted by molar-refractivity contribution is 5.57. The quantitative estimate of drug-likeness (QED) is 0.602. The summed E-state index contributed by atoms with van der Waals surface area (Å²) in [6.07, 6.45) is 4.70. The second-order valence-corrected chi connectivity index (χ2v) is 4.09. The number of nitro groups is 1. The second kappa shape index (κ2) is 5.95. The Kier molecular flexibility index (Phi) is 4.08. The zero-order valence-corrected chi connectivity index (χ0v) is 11.2. The maximum Gasteiger partial charge on any atom is 0.329 e. The molecule has 0 bridgehead atoms. The molecule has 0 spiro atoms. The molecule has 0 unspecified atom stereocenters. The Hall–Kier alpha value is -2.71. The van der Waals surface area contributed by atoms with Crippen molar-refractivity contribution >= 4 is 17.5 Å². The largest absolute Gasteiger partial charge is 0.360 e. The number of nitrogens with one attached hydrogen (secondary N) is 2. The van der Waals surface area contributed by atoms with E-state index in [-0.39, 0.29) is 11.5 Å². The van der Waals surface area contributed by atoms with E-state index in [1.165, 1.54) is 6.20 Å². The number of nitrogens with zero attached hydrogens (tertiary/aromatic N) is 5. The molecular weight excluding hydrogens is 262 g/mol. The molecular formula is C11H15N7O2. The van der Waals surface area contributed by atoms with Crippen molar-refractivity contribution < 1.29 is 4.92 Å². The van der Waals surface area contributed by atoms with E-state index in [0.717, 1.165) is 5.56 Å². The molecule has 9 nitrogen and oxygen atoms in total. The zero-order chi connectivity index (χ0) is 14.5. The van der Waals surface area contributed by atoms with E-state index in [4.69, 9.17) is 0 Å². The highest BCUT2D eigenvalue weighted by Gasteiger charge is 2.17. The van der Waals surface area contributed by atoms with Gasteiger partial charge in [-0.15, -0.1) is 0 Å². The number of aryl methyl sites for hydroxylation is 1. The summed E-state index contributed by atoms with van der Waals surface area (Å²) in [5, 5.41) is 20.8. The molecule has 0 saturated carbocycles. The molecule has 20 heavy (non-hydrogen) atoms. The molecule has 0 atom stereocenters. The van der Waals surface area contributed by atoms with Gasteiger partial charge in [0.1, 0.15) is 6.20 Å². The van der Waals surface area contributed by atoms with Crippen LogP contribution in [0.4, 0.5) is 17.5 Å². The van der Waals surface area contributed by atoms with Gasteiger partial charge in [-0.25, -0.2) is 4.98 Å². The van der Waals surface area contributed by atoms with Gasteiger partial charge in [-0.3, -0.25) is 14.8 Å². The topological polar surface area (TPSA) is 111 Å². The summed E-state index contributed by atoms with van der Waals surface area (Å²) in [6, 6.07) is 0. The van der Waals surface area contributed by atoms with Crippen LogP contribution in [0.3, 0.4) is 0 Å². The van der Waals surface area contributed by atoms with Gasteiger partial charge in [0.15, 0.2) is 0 Å². The lowest BCUT2D eigenvalue weighted by Gasteiger charge is -2.07. The third-order valence-electron chi connectivity index (χ3n) is 2.52. The Morgan fingerprint density at radius 1 is 1.40 bits per heavy atom. The maximum atomic E-state index is 11.0. The van der Waals surface area contributed by atoms with Crippen molar-refractivity contribution in [1.82, 2.24) is 19.7 Å². The minimum atomic E-state index is -0.513. The lowest BCUT2D eigenvalue weighted by Crippen LogP contribution is -2.08. The van der Waals surface area contributed by atoms with E-state index in [9.17, 15) is 10.1 Å². The van der Waals surface area contributed by atoms with Gasteiger partial charge in [0.2, 0.25) is 11.8 Å². The van der Waals surface area contributed by atoms with Crippen LogP contribution in [0, 0.1) is 10.1 Å². The summed E-state index contributed by atoms with van der Waals surface area (Å²) >= 11 is 0. The summed E-state index contributed by atoms with van der Waals surface area (Å²) < 4.78 is 1.66. The molecule has 0 aliphatic carbocycles. The first-order valence-corrected chi connectivity index (χ1v) is 6.07. The maximum absolute atomic E-state index is 11.0. The Balaban J connectivity index is 2.18. The normalized spacial score (nSPS) is 10.3. The van der Waals surface area contributed by atoms with Gasteiger partial charge in [-0.1, -0.05) is 0 Å². The Morgan fingerprint density at radius 3 is 2.80 bits per heavy atom. The van der Waals surface area contributed by atoms with E-state index >= 15 is 0 Å². The molecule has 2 heterocycles. The van der Waals surface area contributed by atoms with E-state index < -0.39 is 4.92 Å². The first-order chi connectivity index (χ1) is 9.60. The van der Waals surface area contributed by atoms with Gasteiger partial charge < -0.3 is 10.6 Å². The van der Waals surface area contributed by atoms with Crippen LogP contribution in [-0.4, -0.2) is 31.2 Å². The molecule has 0 aliphatic heterocycles. The van der Waals surface area contributed by atoms with E-state index in [1.807, 2.05) is 13.1 Å². The Labute approximate surface area is 115 Å². The van der Waals surface area contributed by atoms with Crippen molar-refractivity contribution in [3.63, 3.8) is 0 Å². The van der Waals surface area contributed by atoms with Crippen molar-refractivity contribution in [2.75, 3.05) is 17.2 Å². The van der Waals surface area contributed by atoms with Gasteiger partial charge in [-0.2, -0.15) is 10.1 Å². The van der Waals surface area contributed by atoms with E-state index in [2.05, 4.69) is 25.7 Å². The number of rotatable bonds is 6. The predicted octanol–water partition coefficient (Wildman–Crippen LogP) is 1.16. The fourth-order valence-corrected chi connectivity index (χ4v) is 1.63. The van der Waals surface area contributed by atoms with Crippen LogP contribution in [-0.2, 0) is 13.6 Å². The number of hydrogen-bond donors (Lipinski definition) is 2. The third-order valence-corrected chi connectivity index (χ3v) is 2.52. The van der Waals surface area contributed by atoms with Crippen LogP contribution >= 0.6 is 0 Å². The zero-order valence-electron chi connectivity index (χ0n) is 11.2. The molecule has 0 radical (unpaired) electrons. The average Bonchev–Trinajstić information content (AvgIpc) is 2.82. The molecule has 0 fully saturated rings.